The molecule has 2 aromatic rings. The normalized spacial score (nSPS) is 15.6. The number of carbonyl (C=O) groups excluding carboxylic acids is 3. The Bertz CT molecular complexity index is 1000. The van der Waals surface area contributed by atoms with Crippen molar-refractivity contribution in [2.24, 2.45) is 0 Å². The summed E-state index contributed by atoms with van der Waals surface area (Å²) in [6.07, 6.45) is 1.41. The van der Waals surface area contributed by atoms with Gasteiger partial charge < -0.3 is 9.47 Å². The van der Waals surface area contributed by atoms with E-state index in [1.54, 1.807) is 24.3 Å². The molecule has 0 radical (unpaired) electrons. The van der Waals surface area contributed by atoms with Crippen LogP contribution in [-0.2, 0) is 9.59 Å². The minimum atomic E-state index is -0.898. The van der Waals surface area contributed by atoms with E-state index in [1.807, 2.05) is 0 Å². The summed E-state index contributed by atoms with van der Waals surface area (Å²) in [5, 5.41) is 2.41. The summed E-state index contributed by atoms with van der Waals surface area (Å²) in [6, 6.07) is 8.91. The monoisotopic (exact) mass is 464 g/mol. The van der Waals surface area contributed by atoms with Crippen LogP contribution in [0, 0.1) is 0 Å². The zero-order valence-electron chi connectivity index (χ0n) is 14.8. The van der Waals surface area contributed by atoms with Crippen molar-refractivity contribution >= 4 is 57.1 Å². The highest BCUT2D eigenvalue weighted by atomic mass is 79.9. The summed E-state index contributed by atoms with van der Waals surface area (Å²) in [5.74, 6) is -1.16. The second-order valence-corrected chi connectivity index (χ2v) is 6.99. The predicted octanol–water partition coefficient (Wildman–Crippen LogP) is 3.79. The molecule has 0 unspecified atom stereocenters. The Morgan fingerprint density at radius 3 is 2.29 bits per heavy atom. The van der Waals surface area contributed by atoms with Crippen LogP contribution in [0.1, 0.15) is 5.56 Å². The standard InChI is InChI=1S/C19H14BrClN2O5/c1-27-15-9-14(16(28-2)8-13(15)21)23-18(25)12(17(24)22-19(23)26)7-10-3-5-11(20)6-4-10/h3-9H,1-2H3,(H,22,24,26)/b12-7+. The molecule has 1 N–H and O–H groups in total. The van der Waals surface area contributed by atoms with Gasteiger partial charge in [0, 0.05) is 16.6 Å². The highest BCUT2D eigenvalue weighted by Gasteiger charge is 2.38. The maximum Gasteiger partial charge on any atom is 0.336 e. The van der Waals surface area contributed by atoms with Crippen molar-refractivity contribution in [1.82, 2.24) is 5.32 Å². The molecule has 3 rings (SSSR count). The van der Waals surface area contributed by atoms with Crippen LogP contribution in [0.15, 0.2) is 46.4 Å². The number of benzene rings is 2. The van der Waals surface area contributed by atoms with Gasteiger partial charge >= 0.3 is 6.03 Å². The first-order chi connectivity index (χ1) is 13.3. The van der Waals surface area contributed by atoms with E-state index in [0.717, 1.165) is 9.37 Å². The molecule has 0 aliphatic carbocycles. The third kappa shape index (κ3) is 3.74. The molecular weight excluding hydrogens is 452 g/mol. The second-order valence-electron chi connectivity index (χ2n) is 5.67. The lowest BCUT2D eigenvalue weighted by molar-refractivity contribution is -0.122. The molecule has 144 valence electrons. The number of carbonyl (C=O) groups is 3. The van der Waals surface area contributed by atoms with Crippen LogP contribution < -0.4 is 19.7 Å². The van der Waals surface area contributed by atoms with E-state index in [1.165, 1.54) is 32.4 Å². The first-order valence-electron chi connectivity index (χ1n) is 7.94. The van der Waals surface area contributed by atoms with Gasteiger partial charge in [0.2, 0.25) is 0 Å². The largest absolute Gasteiger partial charge is 0.495 e. The van der Waals surface area contributed by atoms with Crippen LogP contribution in [0.25, 0.3) is 6.08 Å². The number of rotatable bonds is 4. The van der Waals surface area contributed by atoms with E-state index in [0.29, 0.717) is 5.56 Å². The molecule has 9 heteroatoms. The molecule has 1 aliphatic heterocycles. The van der Waals surface area contributed by atoms with E-state index in [9.17, 15) is 14.4 Å². The zero-order chi connectivity index (χ0) is 20.4. The molecule has 1 fully saturated rings. The number of hydrogen-bond acceptors (Lipinski definition) is 5. The van der Waals surface area contributed by atoms with E-state index in [2.05, 4.69) is 21.2 Å². The molecule has 0 spiro atoms. The molecular formula is C19H14BrClN2O5. The summed E-state index contributed by atoms with van der Waals surface area (Å²) >= 11 is 9.41. The van der Waals surface area contributed by atoms with E-state index < -0.39 is 17.8 Å². The third-order valence-electron chi connectivity index (χ3n) is 3.98. The van der Waals surface area contributed by atoms with Crippen LogP contribution in [0.3, 0.4) is 0 Å². The number of imide groups is 2. The van der Waals surface area contributed by atoms with Gasteiger partial charge in [-0.25, -0.2) is 9.69 Å². The SMILES string of the molecule is COc1cc(N2C(=O)NC(=O)/C(=C\c3ccc(Br)cc3)C2=O)c(OC)cc1Cl. The smallest absolute Gasteiger partial charge is 0.336 e. The Labute approximate surface area is 174 Å². The Kier molecular flexibility index (Phi) is 5.71. The highest BCUT2D eigenvalue weighted by Crippen LogP contribution is 2.39. The van der Waals surface area contributed by atoms with Crippen molar-refractivity contribution in [2.45, 2.75) is 0 Å². The fraction of sp³-hybridized carbons (Fsp3) is 0.105. The summed E-state index contributed by atoms with van der Waals surface area (Å²) < 4.78 is 11.3. The number of amides is 4. The van der Waals surface area contributed by atoms with Gasteiger partial charge in [0.15, 0.2) is 0 Å². The van der Waals surface area contributed by atoms with Gasteiger partial charge in [0.1, 0.15) is 17.1 Å². The quantitative estimate of drug-likeness (QED) is 0.549. The van der Waals surface area contributed by atoms with Crippen LogP contribution >= 0.6 is 27.5 Å². The van der Waals surface area contributed by atoms with Crippen LogP contribution in [0.4, 0.5) is 10.5 Å². The van der Waals surface area contributed by atoms with Crippen molar-refractivity contribution in [2.75, 3.05) is 19.1 Å². The molecule has 28 heavy (non-hydrogen) atoms. The summed E-state index contributed by atoms with van der Waals surface area (Å²) in [4.78, 5) is 38.5. The fourth-order valence-electron chi connectivity index (χ4n) is 2.62. The summed E-state index contributed by atoms with van der Waals surface area (Å²) in [7, 11) is 2.77. The second kappa shape index (κ2) is 8.04. The maximum absolute atomic E-state index is 13.0. The van der Waals surface area contributed by atoms with E-state index in [-0.39, 0.29) is 27.8 Å². The Morgan fingerprint density at radius 1 is 1.04 bits per heavy atom. The lowest BCUT2D eigenvalue weighted by Crippen LogP contribution is -2.54. The highest BCUT2D eigenvalue weighted by molar-refractivity contribution is 9.10. The fourth-order valence-corrected chi connectivity index (χ4v) is 3.12. The molecule has 2 aromatic carbocycles. The maximum atomic E-state index is 13.0. The molecule has 7 nitrogen and oxygen atoms in total. The number of hydrogen-bond donors (Lipinski definition) is 1. The average molecular weight is 466 g/mol. The first kappa shape index (κ1) is 19.9. The topological polar surface area (TPSA) is 84.9 Å². The number of anilines is 1. The molecule has 1 saturated heterocycles. The Morgan fingerprint density at radius 2 is 1.68 bits per heavy atom. The van der Waals surface area contributed by atoms with Gasteiger partial charge in [-0.3, -0.25) is 14.9 Å². The van der Waals surface area contributed by atoms with Crippen LogP contribution in [-0.4, -0.2) is 32.1 Å². The van der Waals surface area contributed by atoms with Gasteiger partial charge in [-0.15, -0.1) is 0 Å². The van der Waals surface area contributed by atoms with Crippen molar-refractivity contribution in [1.29, 1.82) is 0 Å². The van der Waals surface area contributed by atoms with Gasteiger partial charge in [-0.2, -0.15) is 0 Å². The van der Waals surface area contributed by atoms with Crippen molar-refractivity contribution in [3.05, 3.63) is 57.0 Å². The number of nitrogens with zero attached hydrogens (tertiary/aromatic N) is 1. The van der Waals surface area contributed by atoms with Gasteiger partial charge in [-0.05, 0) is 23.8 Å². The zero-order valence-corrected chi connectivity index (χ0v) is 17.1. The van der Waals surface area contributed by atoms with Crippen LogP contribution in [0.5, 0.6) is 11.5 Å². The number of ether oxygens (including phenoxy) is 2. The van der Waals surface area contributed by atoms with Gasteiger partial charge in [-0.1, -0.05) is 39.7 Å². The van der Waals surface area contributed by atoms with E-state index >= 15 is 0 Å². The molecule has 0 atom stereocenters. The van der Waals surface area contributed by atoms with E-state index in [4.69, 9.17) is 21.1 Å². The average Bonchev–Trinajstić information content (AvgIpc) is 2.67. The number of halogens is 2. The van der Waals surface area contributed by atoms with Crippen molar-refractivity contribution in [3.63, 3.8) is 0 Å². The van der Waals surface area contributed by atoms with Gasteiger partial charge in [0.05, 0.1) is 24.9 Å². The van der Waals surface area contributed by atoms with Gasteiger partial charge in [0.25, 0.3) is 11.8 Å². The minimum absolute atomic E-state index is 0.0976. The number of urea groups is 1. The molecule has 0 saturated carbocycles. The third-order valence-corrected chi connectivity index (χ3v) is 4.80. The first-order valence-corrected chi connectivity index (χ1v) is 9.11. The van der Waals surface area contributed by atoms with Crippen LogP contribution in [0.2, 0.25) is 5.02 Å². The molecule has 1 aliphatic rings. The Balaban J connectivity index is 2.09. The summed E-state index contributed by atoms with van der Waals surface area (Å²) in [6.45, 7) is 0. The predicted molar refractivity (Wildman–Crippen MR) is 108 cm³/mol. The minimum Gasteiger partial charge on any atom is -0.495 e. The molecule has 0 bridgehead atoms. The van der Waals surface area contributed by atoms with Crippen molar-refractivity contribution < 1.29 is 23.9 Å². The number of nitrogens with one attached hydrogen (secondary N) is 1. The number of barbiturate groups is 1. The molecule has 0 aromatic heterocycles. The molecule has 4 amide bonds. The summed E-state index contributed by atoms with van der Waals surface area (Å²) in [5.41, 5.74) is 0.523. The lowest BCUT2D eigenvalue weighted by atomic mass is 10.1. The van der Waals surface area contributed by atoms with Crippen molar-refractivity contribution in [3.8, 4) is 11.5 Å². The molecule has 1 heterocycles. The number of methoxy groups -OCH3 is 2. The Hall–Kier alpha value is -2.84. The lowest BCUT2D eigenvalue weighted by Gasteiger charge is -2.28.